The Kier molecular flexibility index (Phi) is 18.0. The summed E-state index contributed by atoms with van der Waals surface area (Å²) in [6.45, 7) is 7.63. The summed E-state index contributed by atoms with van der Waals surface area (Å²) < 4.78 is 5.43. The van der Waals surface area contributed by atoms with E-state index in [0.717, 1.165) is 19.3 Å². The van der Waals surface area contributed by atoms with Gasteiger partial charge in [-0.1, -0.05) is 96.8 Å². The van der Waals surface area contributed by atoms with Gasteiger partial charge in [0.25, 0.3) is 0 Å². The highest BCUT2D eigenvalue weighted by Crippen LogP contribution is 2.15. The predicted molar refractivity (Wildman–Crippen MR) is 130 cm³/mol. The molecule has 0 heterocycles. The van der Waals surface area contributed by atoms with Crippen molar-refractivity contribution in [2.75, 3.05) is 0 Å². The molecule has 0 saturated heterocycles. The minimum atomic E-state index is -1.03. The molecule has 0 aromatic carbocycles. The van der Waals surface area contributed by atoms with Gasteiger partial charge in [-0.05, 0) is 27.2 Å². The lowest BCUT2D eigenvalue weighted by Gasteiger charge is -2.24. The van der Waals surface area contributed by atoms with Crippen LogP contribution in [0, 0.1) is 0 Å². The number of carbonyl (C=O) groups is 3. The van der Waals surface area contributed by atoms with Crippen LogP contribution >= 0.6 is 0 Å². The van der Waals surface area contributed by atoms with Crippen LogP contribution in [0.4, 0.5) is 0 Å². The number of aliphatic carboxylic acids is 1. The molecular weight excluding hydrogens is 406 g/mol. The second kappa shape index (κ2) is 18.9. The van der Waals surface area contributed by atoms with Crippen molar-refractivity contribution < 1.29 is 24.2 Å². The monoisotopic (exact) mass is 455 g/mol. The van der Waals surface area contributed by atoms with Crippen molar-refractivity contribution in [1.82, 2.24) is 5.32 Å². The number of carbonyl (C=O) groups excluding carboxylic acids is 2. The number of carboxylic acid groups (broad SMARTS) is 1. The van der Waals surface area contributed by atoms with Crippen LogP contribution in [0.25, 0.3) is 0 Å². The first-order chi connectivity index (χ1) is 15.2. The highest BCUT2D eigenvalue weighted by Gasteiger charge is 2.26. The van der Waals surface area contributed by atoms with E-state index >= 15 is 0 Å². The molecule has 2 N–H and O–H groups in total. The van der Waals surface area contributed by atoms with E-state index in [0.29, 0.717) is 6.42 Å². The van der Waals surface area contributed by atoms with Crippen molar-refractivity contribution >= 4 is 17.8 Å². The number of carboxylic acids is 1. The van der Waals surface area contributed by atoms with Gasteiger partial charge in [-0.2, -0.15) is 0 Å². The Morgan fingerprint density at radius 2 is 1.19 bits per heavy atom. The van der Waals surface area contributed by atoms with Gasteiger partial charge in [0.15, 0.2) is 0 Å². The maximum absolute atomic E-state index is 12.4. The largest absolute Gasteiger partial charge is 0.481 e. The van der Waals surface area contributed by atoms with Crippen molar-refractivity contribution in [3.63, 3.8) is 0 Å². The predicted octanol–water partition coefficient (Wildman–Crippen LogP) is 6.55. The average Bonchev–Trinajstić information content (AvgIpc) is 2.70. The number of unbranched alkanes of at least 4 members (excludes halogenated alkanes) is 13. The minimum absolute atomic E-state index is 0.132. The number of amides is 1. The topological polar surface area (TPSA) is 92.7 Å². The first-order valence-corrected chi connectivity index (χ1v) is 12.9. The zero-order chi connectivity index (χ0) is 24.2. The van der Waals surface area contributed by atoms with E-state index in [-0.39, 0.29) is 12.8 Å². The Hall–Kier alpha value is -1.59. The molecular formula is C26H49NO5. The van der Waals surface area contributed by atoms with E-state index in [4.69, 9.17) is 9.84 Å². The molecule has 1 amide bonds. The lowest BCUT2D eigenvalue weighted by molar-refractivity contribution is -0.158. The van der Waals surface area contributed by atoms with E-state index in [2.05, 4.69) is 12.2 Å². The van der Waals surface area contributed by atoms with Crippen molar-refractivity contribution in [3.8, 4) is 0 Å². The Balaban J connectivity index is 3.99. The maximum atomic E-state index is 12.4. The van der Waals surface area contributed by atoms with E-state index in [9.17, 15) is 14.4 Å². The average molecular weight is 456 g/mol. The molecule has 0 aromatic heterocycles. The molecule has 32 heavy (non-hydrogen) atoms. The normalized spacial score (nSPS) is 12.4. The molecule has 0 rings (SSSR count). The first kappa shape index (κ1) is 30.4. The SMILES string of the molecule is CCCCCCCCCCCCCCCCC(NC(=O)CCC(=O)O)C(=O)OC(C)(C)C. The fourth-order valence-electron chi connectivity index (χ4n) is 3.65. The van der Waals surface area contributed by atoms with Crippen LogP contribution in [-0.4, -0.2) is 34.6 Å². The summed E-state index contributed by atoms with van der Waals surface area (Å²) in [6.07, 6.45) is 17.8. The molecule has 0 aliphatic carbocycles. The van der Waals surface area contributed by atoms with Crippen LogP contribution in [0.1, 0.15) is 137 Å². The summed E-state index contributed by atoms with van der Waals surface area (Å²) in [5.74, 6) is -1.90. The third-order valence-corrected chi connectivity index (χ3v) is 5.44. The van der Waals surface area contributed by atoms with Gasteiger partial charge < -0.3 is 15.2 Å². The van der Waals surface area contributed by atoms with Gasteiger partial charge in [0.2, 0.25) is 5.91 Å². The maximum Gasteiger partial charge on any atom is 0.329 e. The molecule has 0 aromatic rings. The summed E-state index contributed by atoms with van der Waals surface area (Å²) in [7, 11) is 0. The quantitative estimate of drug-likeness (QED) is 0.160. The van der Waals surface area contributed by atoms with E-state index in [1.54, 1.807) is 20.8 Å². The molecule has 188 valence electrons. The highest BCUT2D eigenvalue weighted by atomic mass is 16.6. The van der Waals surface area contributed by atoms with E-state index in [1.165, 1.54) is 70.6 Å². The molecule has 0 saturated carbocycles. The highest BCUT2D eigenvalue weighted by molar-refractivity contribution is 5.86. The van der Waals surface area contributed by atoms with Crippen LogP contribution in [0.3, 0.4) is 0 Å². The number of esters is 1. The van der Waals surface area contributed by atoms with Gasteiger partial charge in [0.05, 0.1) is 6.42 Å². The molecule has 0 fully saturated rings. The van der Waals surface area contributed by atoms with Crippen molar-refractivity contribution in [3.05, 3.63) is 0 Å². The second-order valence-electron chi connectivity index (χ2n) is 9.93. The molecule has 0 aliphatic rings. The smallest absolute Gasteiger partial charge is 0.329 e. The molecule has 0 aliphatic heterocycles. The third kappa shape index (κ3) is 20.3. The summed E-state index contributed by atoms with van der Waals surface area (Å²) in [5, 5.41) is 11.4. The van der Waals surface area contributed by atoms with Crippen molar-refractivity contribution in [2.24, 2.45) is 0 Å². The molecule has 0 spiro atoms. The van der Waals surface area contributed by atoms with Gasteiger partial charge >= 0.3 is 11.9 Å². The van der Waals surface area contributed by atoms with Crippen LogP contribution in [0.2, 0.25) is 0 Å². The van der Waals surface area contributed by atoms with Crippen molar-refractivity contribution in [1.29, 1.82) is 0 Å². The Bertz CT molecular complexity index is 513. The van der Waals surface area contributed by atoms with Crippen LogP contribution < -0.4 is 5.32 Å². The lowest BCUT2D eigenvalue weighted by atomic mass is 10.0. The van der Waals surface area contributed by atoms with Gasteiger partial charge in [-0.15, -0.1) is 0 Å². The number of ether oxygens (including phenoxy) is 1. The molecule has 1 atom stereocenters. The Morgan fingerprint density at radius 3 is 1.59 bits per heavy atom. The van der Waals surface area contributed by atoms with Gasteiger partial charge in [0, 0.05) is 6.42 Å². The summed E-state index contributed by atoms with van der Waals surface area (Å²) in [6, 6.07) is -0.715. The lowest BCUT2D eigenvalue weighted by Crippen LogP contribution is -2.44. The Labute approximate surface area is 196 Å². The van der Waals surface area contributed by atoms with Gasteiger partial charge in [0.1, 0.15) is 11.6 Å². The van der Waals surface area contributed by atoms with Gasteiger partial charge in [-0.25, -0.2) is 4.79 Å². The van der Waals surface area contributed by atoms with E-state index in [1.807, 2.05) is 0 Å². The summed E-state index contributed by atoms with van der Waals surface area (Å²) in [5.41, 5.74) is -0.628. The molecule has 1 unspecified atom stereocenters. The third-order valence-electron chi connectivity index (χ3n) is 5.44. The molecule has 0 bridgehead atoms. The summed E-state index contributed by atoms with van der Waals surface area (Å²) >= 11 is 0. The zero-order valence-electron chi connectivity index (χ0n) is 21.2. The number of rotatable bonds is 20. The Morgan fingerprint density at radius 1 is 0.750 bits per heavy atom. The number of nitrogens with one attached hydrogen (secondary N) is 1. The van der Waals surface area contributed by atoms with Crippen molar-refractivity contribution in [2.45, 2.75) is 148 Å². The van der Waals surface area contributed by atoms with Crippen LogP contribution in [-0.2, 0) is 19.1 Å². The second-order valence-corrected chi connectivity index (χ2v) is 9.93. The number of hydrogen-bond acceptors (Lipinski definition) is 4. The van der Waals surface area contributed by atoms with Crippen LogP contribution in [0.15, 0.2) is 0 Å². The molecule has 6 heteroatoms. The molecule has 6 nitrogen and oxygen atoms in total. The van der Waals surface area contributed by atoms with Gasteiger partial charge in [-0.3, -0.25) is 9.59 Å². The number of hydrogen-bond donors (Lipinski definition) is 2. The van der Waals surface area contributed by atoms with Crippen LogP contribution in [0.5, 0.6) is 0 Å². The molecule has 0 radical (unpaired) electrons. The minimum Gasteiger partial charge on any atom is -0.481 e. The standard InChI is InChI=1S/C26H49NO5/c1-5-6-7-8-9-10-11-12-13-14-15-16-17-18-19-22(25(31)32-26(2,3)4)27-23(28)20-21-24(29)30/h22H,5-21H2,1-4H3,(H,27,28)(H,29,30). The van der Waals surface area contributed by atoms with E-state index < -0.39 is 29.5 Å². The zero-order valence-corrected chi connectivity index (χ0v) is 21.2. The fraction of sp³-hybridized carbons (Fsp3) is 0.885. The first-order valence-electron chi connectivity index (χ1n) is 12.9. The fourth-order valence-corrected chi connectivity index (χ4v) is 3.65. The summed E-state index contributed by atoms with van der Waals surface area (Å²) in [4.78, 5) is 35.1.